The van der Waals surface area contributed by atoms with Crippen molar-refractivity contribution in [1.82, 2.24) is 9.38 Å². The minimum absolute atomic E-state index is 0.587. The van der Waals surface area contributed by atoms with Gasteiger partial charge in [0.15, 0.2) is 16.5 Å². The second-order valence-corrected chi connectivity index (χ2v) is 6.14. The van der Waals surface area contributed by atoms with Gasteiger partial charge in [-0.3, -0.25) is 4.40 Å². The Morgan fingerprint density at radius 1 is 1.27 bits per heavy atom. The molecule has 2 aromatic heterocycles. The van der Waals surface area contributed by atoms with E-state index in [1.807, 2.05) is 18.2 Å². The summed E-state index contributed by atoms with van der Waals surface area (Å²) in [5, 5.41) is 2.12. The fourth-order valence-electron chi connectivity index (χ4n) is 2.85. The highest BCUT2D eigenvalue weighted by atomic mass is 32.1. The summed E-state index contributed by atoms with van der Waals surface area (Å²) in [5.41, 5.74) is 10.2. The Labute approximate surface area is 132 Å². The van der Waals surface area contributed by atoms with E-state index in [0.717, 1.165) is 39.8 Å². The molecule has 0 aliphatic carbocycles. The highest BCUT2D eigenvalue weighted by Gasteiger charge is 2.19. The summed E-state index contributed by atoms with van der Waals surface area (Å²) in [6.07, 6.45) is 0.794. The van der Waals surface area contributed by atoms with Crippen molar-refractivity contribution >= 4 is 16.3 Å². The Balaban J connectivity index is 1.88. The van der Waals surface area contributed by atoms with Gasteiger partial charge in [-0.1, -0.05) is 0 Å². The molecule has 0 unspecified atom stereocenters. The van der Waals surface area contributed by atoms with E-state index in [9.17, 15) is 0 Å². The number of imidazole rings is 1. The number of aryl methyl sites for hydroxylation is 1. The van der Waals surface area contributed by atoms with E-state index in [0.29, 0.717) is 19.8 Å². The van der Waals surface area contributed by atoms with Crippen molar-refractivity contribution < 1.29 is 9.47 Å². The van der Waals surface area contributed by atoms with Crippen LogP contribution in [0.3, 0.4) is 0 Å². The van der Waals surface area contributed by atoms with Crippen LogP contribution in [0.1, 0.15) is 11.4 Å². The standard InChI is InChI=1S/C16H17N3O2S/c1-10-9-22-16-18-15(12(4-5-17)19(10)16)11-2-3-13-14(8-11)21-7-6-20-13/h2-3,8-9H,4-7,17H2,1H3. The van der Waals surface area contributed by atoms with Gasteiger partial charge < -0.3 is 15.2 Å². The maximum Gasteiger partial charge on any atom is 0.194 e. The van der Waals surface area contributed by atoms with Crippen molar-refractivity contribution in [3.63, 3.8) is 0 Å². The third-order valence-corrected chi connectivity index (χ3v) is 4.77. The molecule has 1 aliphatic rings. The fraction of sp³-hybridized carbons (Fsp3) is 0.312. The topological polar surface area (TPSA) is 61.8 Å². The highest BCUT2D eigenvalue weighted by Crippen LogP contribution is 2.36. The monoisotopic (exact) mass is 315 g/mol. The maximum atomic E-state index is 5.80. The zero-order valence-electron chi connectivity index (χ0n) is 12.3. The first-order valence-electron chi connectivity index (χ1n) is 7.33. The second kappa shape index (κ2) is 5.30. The van der Waals surface area contributed by atoms with E-state index in [1.165, 1.54) is 5.69 Å². The lowest BCUT2D eigenvalue weighted by atomic mass is 10.1. The van der Waals surface area contributed by atoms with Crippen LogP contribution < -0.4 is 15.2 Å². The van der Waals surface area contributed by atoms with Gasteiger partial charge in [-0.05, 0) is 31.7 Å². The van der Waals surface area contributed by atoms with Crippen molar-refractivity contribution in [1.29, 1.82) is 0 Å². The molecule has 1 aliphatic heterocycles. The van der Waals surface area contributed by atoms with Crippen molar-refractivity contribution in [3.05, 3.63) is 35.0 Å². The molecule has 0 amide bonds. The number of fused-ring (bicyclic) bond motifs is 2. The molecule has 4 rings (SSSR count). The number of nitrogens with two attached hydrogens (primary N) is 1. The minimum atomic E-state index is 0.587. The molecule has 0 saturated carbocycles. The number of hydrogen-bond acceptors (Lipinski definition) is 5. The van der Waals surface area contributed by atoms with Crippen molar-refractivity contribution in [2.75, 3.05) is 19.8 Å². The summed E-state index contributed by atoms with van der Waals surface area (Å²) in [6.45, 7) is 3.88. The molecule has 1 aromatic carbocycles. The quantitative estimate of drug-likeness (QED) is 0.807. The van der Waals surface area contributed by atoms with E-state index >= 15 is 0 Å². The van der Waals surface area contributed by atoms with Crippen LogP contribution in [0.15, 0.2) is 23.6 Å². The van der Waals surface area contributed by atoms with Gasteiger partial charge in [0.05, 0.1) is 11.4 Å². The molecular weight excluding hydrogens is 298 g/mol. The first-order chi connectivity index (χ1) is 10.8. The predicted molar refractivity (Wildman–Crippen MR) is 87.0 cm³/mol. The van der Waals surface area contributed by atoms with Crippen LogP contribution in [-0.4, -0.2) is 29.1 Å². The Hall–Kier alpha value is -2.05. The smallest absolute Gasteiger partial charge is 0.194 e. The lowest BCUT2D eigenvalue weighted by Crippen LogP contribution is -2.15. The number of hydrogen-bond donors (Lipinski definition) is 1. The van der Waals surface area contributed by atoms with Crippen molar-refractivity contribution in [3.8, 4) is 22.8 Å². The molecule has 22 heavy (non-hydrogen) atoms. The van der Waals surface area contributed by atoms with Crippen LogP contribution in [0.5, 0.6) is 11.5 Å². The molecule has 0 atom stereocenters. The number of thiazole rings is 1. The summed E-state index contributed by atoms with van der Waals surface area (Å²) in [4.78, 5) is 5.81. The van der Waals surface area contributed by atoms with E-state index in [-0.39, 0.29) is 0 Å². The Kier molecular flexibility index (Phi) is 3.28. The van der Waals surface area contributed by atoms with Gasteiger partial charge in [0.1, 0.15) is 13.2 Å². The van der Waals surface area contributed by atoms with Crippen LogP contribution in [0.25, 0.3) is 16.2 Å². The van der Waals surface area contributed by atoms with Crippen molar-refractivity contribution in [2.45, 2.75) is 13.3 Å². The summed E-state index contributed by atoms with van der Waals surface area (Å²) in [6, 6.07) is 6.00. The zero-order valence-corrected chi connectivity index (χ0v) is 13.2. The lowest BCUT2D eigenvalue weighted by Gasteiger charge is -2.18. The van der Waals surface area contributed by atoms with Crippen LogP contribution in [0, 0.1) is 6.92 Å². The van der Waals surface area contributed by atoms with Gasteiger partial charge in [-0.25, -0.2) is 4.98 Å². The van der Waals surface area contributed by atoms with Gasteiger partial charge in [0.25, 0.3) is 0 Å². The van der Waals surface area contributed by atoms with E-state index in [4.69, 9.17) is 20.2 Å². The number of nitrogens with zero attached hydrogens (tertiary/aromatic N) is 2. The highest BCUT2D eigenvalue weighted by molar-refractivity contribution is 7.15. The second-order valence-electron chi connectivity index (χ2n) is 5.30. The molecule has 0 radical (unpaired) electrons. The number of aromatic nitrogens is 2. The fourth-order valence-corrected chi connectivity index (χ4v) is 3.74. The summed E-state index contributed by atoms with van der Waals surface area (Å²) < 4.78 is 13.5. The summed E-state index contributed by atoms with van der Waals surface area (Å²) in [5.74, 6) is 1.59. The molecule has 0 bridgehead atoms. The summed E-state index contributed by atoms with van der Waals surface area (Å²) >= 11 is 1.65. The first-order valence-corrected chi connectivity index (χ1v) is 8.21. The van der Waals surface area contributed by atoms with Gasteiger partial charge >= 0.3 is 0 Å². The van der Waals surface area contributed by atoms with Crippen LogP contribution in [0.2, 0.25) is 0 Å². The molecule has 114 valence electrons. The van der Waals surface area contributed by atoms with Crippen LogP contribution >= 0.6 is 11.3 Å². The Bertz CT molecular complexity index is 837. The van der Waals surface area contributed by atoms with Gasteiger partial charge in [0.2, 0.25) is 0 Å². The normalized spacial score (nSPS) is 13.7. The lowest BCUT2D eigenvalue weighted by molar-refractivity contribution is 0.171. The summed E-state index contributed by atoms with van der Waals surface area (Å²) in [7, 11) is 0. The zero-order chi connectivity index (χ0) is 15.1. The molecule has 6 heteroatoms. The van der Waals surface area contributed by atoms with Crippen LogP contribution in [-0.2, 0) is 6.42 Å². The number of benzene rings is 1. The average molecular weight is 315 g/mol. The molecule has 0 fully saturated rings. The van der Waals surface area contributed by atoms with E-state index in [2.05, 4.69) is 16.7 Å². The third kappa shape index (κ3) is 2.07. The molecule has 3 heterocycles. The van der Waals surface area contributed by atoms with Crippen molar-refractivity contribution in [2.24, 2.45) is 5.73 Å². The van der Waals surface area contributed by atoms with E-state index in [1.54, 1.807) is 11.3 Å². The van der Waals surface area contributed by atoms with E-state index < -0.39 is 0 Å². The largest absolute Gasteiger partial charge is 0.486 e. The molecule has 5 nitrogen and oxygen atoms in total. The molecule has 0 saturated heterocycles. The van der Waals surface area contributed by atoms with Gasteiger partial charge in [-0.15, -0.1) is 11.3 Å². The molecule has 2 N–H and O–H groups in total. The van der Waals surface area contributed by atoms with Gasteiger partial charge in [0, 0.05) is 23.1 Å². The maximum absolute atomic E-state index is 5.80. The Morgan fingerprint density at radius 3 is 2.91 bits per heavy atom. The predicted octanol–water partition coefficient (Wildman–Crippen LogP) is 2.64. The number of rotatable bonds is 3. The van der Waals surface area contributed by atoms with Gasteiger partial charge in [-0.2, -0.15) is 0 Å². The van der Waals surface area contributed by atoms with Crippen LogP contribution in [0.4, 0.5) is 0 Å². The first kappa shape index (κ1) is 13.6. The average Bonchev–Trinajstić information content (AvgIpc) is 3.08. The SMILES string of the molecule is Cc1csc2nc(-c3ccc4c(c3)OCCO4)c(CCN)n12. The number of ether oxygens (including phenoxy) is 2. The Morgan fingerprint density at radius 2 is 2.09 bits per heavy atom. The minimum Gasteiger partial charge on any atom is -0.486 e. The third-order valence-electron chi connectivity index (χ3n) is 3.83. The molecular formula is C16H17N3O2S. The molecule has 3 aromatic rings. The molecule has 0 spiro atoms.